The van der Waals surface area contributed by atoms with Gasteiger partial charge in [0.15, 0.2) is 6.10 Å². The molecule has 32 heavy (non-hydrogen) atoms. The number of halogens is 1. The fourth-order valence-corrected chi connectivity index (χ4v) is 4.55. The molecule has 1 aliphatic rings. The molecule has 0 radical (unpaired) electrons. The van der Waals surface area contributed by atoms with E-state index in [0.29, 0.717) is 11.6 Å². The molecule has 0 heterocycles. The van der Waals surface area contributed by atoms with Crippen molar-refractivity contribution in [2.24, 2.45) is 5.92 Å². The van der Waals surface area contributed by atoms with Gasteiger partial charge < -0.3 is 9.84 Å². The summed E-state index contributed by atoms with van der Waals surface area (Å²) in [6.07, 6.45) is 5.75. The molecule has 1 unspecified atom stereocenters. The standard InChI is InChI=1S/C28H31ClO3/c1-3-4-15-32-27(28(30)31)25-18(2)16-22-10-9-20(8-7-19-5-6-19)17-24(22)26(25)21-11-13-23(29)14-12-21/h9-14,16-17,19,27H,3-8,15H2,1-2H3,(H,30,31). The molecule has 3 aromatic rings. The van der Waals surface area contributed by atoms with Crippen molar-refractivity contribution in [3.8, 4) is 11.1 Å². The van der Waals surface area contributed by atoms with E-state index in [1.807, 2.05) is 31.2 Å². The third-order valence-electron chi connectivity index (χ3n) is 6.39. The monoisotopic (exact) mass is 450 g/mol. The summed E-state index contributed by atoms with van der Waals surface area (Å²) in [7, 11) is 0. The third kappa shape index (κ3) is 5.16. The molecule has 0 aliphatic heterocycles. The second-order valence-corrected chi connectivity index (χ2v) is 9.41. The Morgan fingerprint density at radius 3 is 2.56 bits per heavy atom. The highest BCUT2D eigenvalue weighted by Gasteiger charge is 2.28. The molecule has 0 saturated heterocycles. The van der Waals surface area contributed by atoms with Gasteiger partial charge in [0.25, 0.3) is 0 Å². The first-order valence-corrected chi connectivity index (χ1v) is 12.0. The first kappa shape index (κ1) is 22.8. The number of fused-ring (bicyclic) bond motifs is 1. The van der Waals surface area contributed by atoms with Crippen molar-refractivity contribution in [3.05, 3.63) is 70.2 Å². The summed E-state index contributed by atoms with van der Waals surface area (Å²) in [5.41, 5.74) is 4.87. The van der Waals surface area contributed by atoms with E-state index in [0.717, 1.165) is 58.2 Å². The summed E-state index contributed by atoms with van der Waals surface area (Å²) in [5, 5.41) is 12.9. The zero-order valence-corrected chi connectivity index (χ0v) is 19.6. The molecule has 0 amide bonds. The van der Waals surface area contributed by atoms with E-state index in [2.05, 4.69) is 31.2 Å². The van der Waals surface area contributed by atoms with Crippen LogP contribution in [0.5, 0.6) is 0 Å². The minimum Gasteiger partial charge on any atom is -0.479 e. The van der Waals surface area contributed by atoms with Crippen molar-refractivity contribution in [2.45, 2.75) is 58.5 Å². The van der Waals surface area contributed by atoms with E-state index in [1.165, 1.54) is 24.8 Å². The molecule has 1 saturated carbocycles. The van der Waals surface area contributed by atoms with Gasteiger partial charge >= 0.3 is 5.97 Å². The van der Waals surface area contributed by atoms with Crippen LogP contribution in [-0.2, 0) is 16.0 Å². The highest BCUT2D eigenvalue weighted by Crippen LogP contribution is 2.40. The maximum absolute atomic E-state index is 12.3. The predicted molar refractivity (Wildman–Crippen MR) is 131 cm³/mol. The molecule has 0 aromatic heterocycles. The van der Waals surface area contributed by atoms with Crippen LogP contribution in [0.2, 0.25) is 5.02 Å². The highest BCUT2D eigenvalue weighted by molar-refractivity contribution is 6.30. The Bertz CT molecular complexity index is 1100. The number of carbonyl (C=O) groups is 1. The molecular formula is C28H31ClO3. The van der Waals surface area contributed by atoms with Crippen LogP contribution in [0, 0.1) is 12.8 Å². The maximum Gasteiger partial charge on any atom is 0.337 e. The first-order valence-electron chi connectivity index (χ1n) is 11.6. The van der Waals surface area contributed by atoms with Gasteiger partial charge in [-0.2, -0.15) is 0 Å². The van der Waals surface area contributed by atoms with E-state index < -0.39 is 12.1 Å². The largest absolute Gasteiger partial charge is 0.479 e. The molecule has 168 valence electrons. The number of carboxylic acids is 1. The van der Waals surface area contributed by atoms with E-state index >= 15 is 0 Å². The lowest BCUT2D eigenvalue weighted by molar-refractivity contribution is -0.151. The van der Waals surface area contributed by atoms with Crippen molar-refractivity contribution >= 4 is 28.3 Å². The molecule has 1 atom stereocenters. The number of aryl methyl sites for hydroxylation is 2. The van der Waals surface area contributed by atoms with Gasteiger partial charge in [-0.25, -0.2) is 4.79 Å². The van der Waals surface area contributed by atoms with Crippen molar-refractivity contribution < 1.29 is 14.6 Å². The van der Waals surface area contributed by atoms with Gasteiger partial charge in [0.2, 0.25) is 0 Å². The van der Waals surface area contributed by atoms with Gasteiger partial charge in [0.05, 0.1) is 0 Å². The fraction of sp³-hybridized carbons (Fsp3) is 0.393. The summed E-state index contributed by atoms with van der Waals surface area (Å²) >= 11 is 6.17. The van der Waals surface area contributed by atoms with Gasteiger partial charge in [0.1, 0.15) is 0 Å². The smallest absolute Gasteiger partial charge is 0.337 e. The average molecular weight is 451 g/mol. The van der Waals surface area contributed by atoms with Crippen molar-refractivity contribution in [1.82, 2.24) is 0 Å². The molecule has 1 N–H and O–H groups in total. The van der Waals surface area contributed by atoms with Gasteiger partial charge in [0, 0.05) is 17.2 Å². The van der Waals surface area contributed by atoms with Crippen molar-refractivity contribution in [1.29, 1.82) is 0 Å². The molecular weight excluding hydrogens is 420 g/mol. The van der Waals surface area contributed by atoms with Gasteiger partial charge in [-0.15, -0.1) is 0 Å². The average Bonchev–Trinajstić information content (AvgIpc) is 3.60. The number of benzene rings is 3. The number of unbranched alkanes of at least 4 members (excludes halogenated alkanes) is 1. The minimum atomic E-state index is -1.01. The second-order valence-electron chi connectivity index (χ2n) is 8.97. The summed E-state index contributed by atoms with van der Waals surface area (Å²) in [5.74, 6) is -0.0815. The molecule has 0 spiro atoms. The summed E-state index contributed by atoms with van der Waals surface area (Å²) in [4.78, 5) is 12.3. The molecule has 1 fully saturated rings. The lowest BCUT2D eigenvalue weighted by atomic mass is 9.86. The Kier molecular flexibility index (Phi) is 7.17. The number of carboxylic acid groups (broad SMARTS) is 1. The van der Waals surface area contributed by atoms with Crippen LogP contribution in [0.3, 0.4) is 0 Å². The highest BCUT2D eigenvalue weighted by atomic mass is 35.5. The summed E-state index contributed by atoms with van der Waals surface area (Å²) in [6, 6.07) is 16.4. The normalized spacial score (nSPS) is 14.6. The van der Waals surface area contributed by atoms with E-state index in [-0.39, 0.29) is 0 Å². The SMILES string of the molecule is CCCCOC(C(=O)O)c1c(C)cc2ccc(CCC3CC3)cc2c1-c1ccc(Cl)cc1. The van der Waals surface area contributed by atoms with Crippen LogP contribution in [0.4, 0.5) is 0 Å². The minimum absolute atomic E-state index is 0.423. The molecule has 3 nitrogen and oxygen atoms in total. The van der Waals surface area contributed by atoms with Crippen LogP contribution in [0.25, 0.3) is 21.9 Å². The number of aliphatic carboxylic acids is 1. The molecule has 4 heteroatoms. The van der Waals surface area contributed by atoms with E-state index in [9.17, 15) is 9.90 Å². The van der Waals surface area contributed by atoms with Crippen LogP contribution in [0.15, 0.2) is 48.5 Å². The Hall–Kier alpha value is -2.36. The molecule has 1 aliphatic carbocycles. The first-order chi connectivity index (χ1) is 15.5. The third-order valence-corrected chi connectivity index (χ3v) is 6.65. The Labute approximate surface area is 195 Å². The molecule has 4 rings (SSSR count). The number of hydrogen-bond donors (Lipinski definition) is 1. The number of rotatable bonds is 10. The van der Waals surface area contributed by atoms with E-state index in [4.69, 9.17) is 16.3 Å². The Morgan fingerprint density at radius 2 is 1.91 bits per heavy atom. The number of ether oxygens (including phenoxy) is 1. The van der Waals surface area contributed by atoms with Gasteiger partial charge in [-0.1, -0.05) is 74.2 Å². The summed E-state index contributed by atoms with van der Waals surface area (Å²) in [6.45, 7) is 4.48. The van der Waals surface area contributed by atoms with Gasteiger partial charge in [-0.05, 0) is 77.3 Å². The molecule has 0 bridgehead atoms. The second kappa shape index (κ2) is 10.1. The topological polar surface area (TPSA) is 46.5 Å². The van der Waals surface area contributed by atoms with Crippen LogP contribution < -0.4 is 0 Å². The Balaban J connectivity index is 1.89. The molecule has 3 aromatic carbocycles. The van der Waals surface area contributed by atoms with Crippen LogP contribution >= 0.6 is 11.6 Å². The maximum atomic E-state index is 12.3. The van der Waals surface area contributed by atoms with Crippen molar-refractivity contribution in [3.63, 3.8) is 0 Å². The Morgan fingerprint density at radius 1 is 1.16 bits per heavy atom. The number of hydrogen-bond acceptors (Lipinski definition) is 2. The lowest BCUT2D eigenvalue weighted by Gasteiger charge is -2.23. The fourth-order valence-electron chi connectivity index (χ4n) is 4.42. The summed E-state index contributed by atoms with van der Waals surface area (Å²) < 4.78 is 5.94. The van der Waals surface area contributed by atoms with Crippen LogP contribution in [-0.4, -0.2) is 17.7 Å². The zero-order valence-electron chi connectivity index (χ0n) is 18.9. The lowest BCUT2D eigenvalue weighted by Crippen LogP contribution is -2.18. The quantitative estimate of drug-likeness (QED) is 0.321. The van der Waals surface area contributed by atoms with Crippen molar-refractivity contribution in [2.75, 3.05) is 6.61 Å². The predicted octanol–water partition coefficient (Wildman–Crippen LogP) is 7.75. The van der Waals surface area contributed by atoms with Gasteiger partial charge in [-0.3, -0.25) is 0 Å². The van der Waals surface area contributed by atoms with Crippen LogP contribution in [0.1, 0.15) is 61.8 Å². The van der Waals surface area contributed by atoms with E-state index in [1.54, 1.807) is 0 Å². The zero-order chi connectivity index (χ0) is 22.7.